The fraction of sp³-hybridized carbons (Fsp3) is 0.773. The summed E-state index contributed by atoms with van der Waals surface area (Å²) in [4.78, 5) is 38.3. The summed E-state index contributed by atoms with van der Waals surface area (Å²) >= 11 is 0. The van der Waals surface area contributed by atoms with Crippen LogP contribution in [0.4, 0.5) is 0 Å². The second-order valence-electron chi connectivity index (χ2n) is 23.4. The zero-order valence-corrected chi connectivity index (χ0v) is 53.8. The number of unbranched alkanes of at least 4 members (excludes halogenated alkanes) is 39. The van der Waals surface area contributed by atoms with Gasteiger partial charge in [0.2, 0.25) is 0 Å². The molecule has 6 nitrogen and oxygen atoms in total. The van der Waals surface area contributed by atoms with E-state index in [1.807, 2.05) is 0 Å². The van der Waals surface area contributed by atoms with Crippen LogP contribution >= 0.6 is 0 Å². The molecule has 0 bridgehead atoms. The van der Waals surface area contributed by atoms with E-state index in [0.717, 1.165) is 96.3 Å². The molecule has 0 amide bonds. The van der Waals surface area contributed by atoms with Gasteiger partial charge in [-0.15, -0.1) is 0 Å². The first-order valence-corrected chi connectivity index (χ1v) is 35.1. The molecule has 0 heterocycles. The highest BCUT2D eigenvalue weighted by Gasteiger charge is 2.19. The summed E-state index contributed by atoms with van der Waals surface area (Å²) in [5.41, 5.74) is 0. The molecule has 0 saturated heterocycles. The minimum Gasteiger partial charge on any atom is -0.462 e. The largest absolute Gasteiger partial charge is 0.462 e. The number of esters is 3. The minimum atomic E-state index is -0.773. The normalized spacial score (nSPS) is 12.6. The molecule has 1 unspecified atom stereocenters. The molecular formula is C75H132O6. The summed E-state index contributed by atoms with van der Waals surface area (Å²) in [7, 11) is 0. The molecule has 0 N–H and O–H groups in total. The monoisotopic (exact) mass is 1130 g/mol. The molecule has 0 aromatic rings. The van der Waals surface area contributed by atoms with Crippen LogP contribution in [-0.4, -0.2) is 37.2 Å². The average molecular weight is 1130 g/mol. The summed E-state index contributed by atoms with van der Waals surface area (Å²) < 4.78 is 16.9. The maximum atomic E-state index is 12.9. The highest BCUT2D eigenvalue weighted by Crippen LogP contribution is 2.17. The lowest BCUT2D eigenvalue weighted by Crippen LogP contribution is -2.30. The highest BCUT2D eigenvalue weighted by molar-refractivity contribution is 5.71. The Morgan fingerprint density at radius 2 is 0.481 bits per heavy atom. The lowest BCUT2D eigenvalue weighted by atomic mass is 10.0. The first-order valence-electron chi connectivity index (χ1n) is 35.1. The number of ether oxygens (including phenoxy) is 3. The topological polar surface area (TPSA) is 78.9 Å². The van der Waals surface area contributed by atoms with E-state index in [2.05, 4.69) is 106 Å². The van der Waals surface area contributed by atoms with Crippen LogP contribution in [0, 0.1) is 0 Å². The first kappa shape index (κ1) is 77.6. The molecule has 468 valence electrons. The van der Waals surface area contributed by atoms with E-state index in [-0.39, 0.29) is 31.1 Å². The fourth-order valence-electron chi connectivity index (χ4n) is 10.2. The van der Waals surface area contributed by atoms with Crippen LogP contribution < -0.4 is 0 Å². The first-order chi connectivity index (χ1) is 40.0. The molecule has 0 aromatic carbocycles. The van der Waals surface area contributed by atoms with Gasteiger partial charge in [0.25, 0.3) is 0 Å². The number of allylic oxidation sites excluding steroid dienone is 14. The SMILES string of the molecule is CC/C=C\C/C=C\C/C=C\C/C=C\C/C=C\C/C=C\CCCCCCCCCCCCCCCCCCC(=O)OCC(COC(=O)CCCCCCCCCCC)OC(=O)CCCCCCCCCCC/C=C\CCCCCCCC. The van der Waals surface area contributed by atoms with Crippen LogP contribution in [0.3, 0.4) is 0 Å². The molecule has 0 aromatic heterocycles. The van der Waals surface area contributed by atoms with E-state index in [4.69, 9.17) is 14.2 Å². The van der Waals surface area contributed by atoms with Crippen LogP contribution in [0.2, 0.25) is 0 Å². The number of carbonyl (C=O) groups excluding carboxylic acids is 3. The zero-order chi connectivity index (χ0) is 58.5. The number of rotatable bonds is 64. The van der Waals surface area contributed by atoms with Crippen LogP contribution in [0.1, 0.15) is 355 Å². The predicted octanol–water partition coefficient (Wildman–Crippen LogP) is 24.2. The smallest absolute Gasteiger partial charge is 0.306 e. The molecule has 0 spiro atoms. The van der Waals surface area contributed by atoms with E-state index in [0.29, 0.717) is 19.3 Å². The number of hydrogen-bond acceptors (Lipinski definition) is 6. The van der Waals surface area contributed by atoms with E-state index in [9.17, 15) is 14.4 Å². The van der Waals surface area contributed by atoms with Gasteiger partial charge in [-0.25, -0.2) is 0 Å². The molecule has 6 heteroatoms. The molecule has 0 aliphatic heterocycles. The summed E-state index contributed by atoms with van der Waals surface area (Å²) in [5, 5.41) is 0. The fourth-order valence-corrected chi connectivity index (χ4v) is 10.2. The Bertz CT molecular complexity index is 1530. The lowest BCUT2D eigenvalue weighted by molar-refractivity contribution is -0.167. The molecule has 0 rings (SSSR count). The zero-order valence-electron chi connectivity index (χ0n) is 53.8. The molecular weight excluding hydrogens is 997 g/mol. The molecule has 0 radical (unpaired) electrons. The van der Waals surface area contributed by atoms with Crippen molar-refractivity contribution in [2.24, 2.45) is 0 Å². The molecule has 0 aliphatic carbocycles. The molecule has 0 aliphatic rings. The number of hydrogen-bond donors (Lipinski definition) is 0. The van der Waals surface area contributed by atoms with Crippen molar-refractivity contribution in [3.05, 3.63) is 85.1 Å². The second-order valence-corrected chi connectivity index (χ2v) is 23.4. The maximum Gasteiger partial charge on any atom is 0.306 e. The van der Waals surface area contributed by atoms with Gasteiger partial charge < -0.3 is 14.2 Å². The summed E-state index contributed by atoms with van der Waals surface area (Å²) in [6.45, 7) is 6.54. The van der Waals surface area contributed by atoms with Gasteiger partial charge in [0.05, 0.1) is 0 Å². The predicted molar refractivity (Wildman–Crippen MR) is 353 cm³/mol. The van der Waals surface area contributed by atoms with Crippen molar-refractivity contribution in [2.45, 2.75) is 361 Å². The van der Waals surface area contributed by atoms with E-state index < -0.39 is 6.10 Å². The Morgan fingerprint density at radius 1 is 0.259 bits per heavy atom. The van der Waals surface area contributed by atoms with Gasteiger partial charge in [-0.05, 0) is 96.3 Å². The Morgan fingerprint density at radius 3 is 0.765 bits per heavy atom. The third-order valence-corrected chi connectivity index (χ3v) is 15.4. The Kier molecular flexibility index (Phi) is 66.2. The summed E-state index contributed by atoms with van der Waals surface area (Å²) in [5.74, 6) is -0.858. The van der Waals surface area contributed by atoms with Gasteiger partial charge in [-0.1, -0.05) is 324 Å². The van der Waals surface area contributed by atoms with E-state index >= 15 is 0 Å². The van der Waals surface area contributed by atoms with Crippen molar-refractivity contribution in [3.8, 4) is 0 Å². The van der Waals surface area contributed by atoms with Crippen molar-refractivity contribution in [3.63, 3.8) is 0 Å². The van der Waals surface area contributed by atoms with Crippen molar-refractivity contribution >= 4 is 17.9 Å². The second kappa shape index (κ2) is 69.1. The van der Waals surface area contributed by atoms with Crippen LogP contribution in [0.25, 0.3) is 0 Å². The van der Waals surface area contributed by atoms with Crippen molar-refractivity contribution in [1.29, 1.82) is 0 Å². The Balaban J connectivity index is 4.07. The molecule has 1 atom stereocenters. The van der Waals surface area contributed by atoms with Gasteiger partial charge in [-0.2, -0.15) is 0 Å². The summed E-state index contributed by atoms with van der Waals surface area (Å²) in [6, 6.07) is 0. The Hall–Kier alpha value is -3.41. The average Bonchev–Trinajstić information content (AvgIpc) is 3.47. The van der Waals surface area contributed by atoms with Gasteiger partial charge >= 0.3 is 17.9 Å². The van der Waals surface area contributed by atoms with E-state index in [1.165, 1.54) is 218 Å². The number of carbonyl (C=O) groups is 3. The van der Waals surface area contributed by atoms with Gasteiger partial charge in [0.15, 0.2) is 6.10 Å². The molecule has 81 heavy (non-hydrogen) atoms. The van der Waals surface area contributed by atoms with Crippen molar-refractivity contribution in [1.82, 2.24) is 0 Å². The van der Waals surface area contributed by atoms with Gasteiger partial charge in [0.1, 0.15) is 13.2 Å². The maximum absolute atomic E-state index is 12.9. The lowest BCUT2D eigenvalue weighted by Gasteiger charge is -2.18. The third-order valence-electron chi connectivity index (χ3n) is 15.4. The minimum absolute atomic E-state index is 0.0714. The quantitative estimate of drug-likeness (QED) is 0.0261. The van der Waals surface area contributed by atoms with Crippen LogP contribution in [0.5, 0.6) is 0 Å². The Labute approximate surface area is 503 Å². The summed E-state index contributed by atoms with van der Waals surface area (Å²) in [6.07, 6.45) is 92.0. The van der Waals surface area contributed by atoms with Crippen LogP contribution in [0.15, 0.2) is 85.1 Å². The molecule has 0 saturated carbocycles. The van der Waals surface area contributed by atoms with E-state index in [1.54, 1.807) is 0 Å². The molecule has 0 fully saturated rings. The van der Waals surface area contributed by atoms with Gasteiger partial charge in [-0.3, -0.25) is 14.4 Å². The third kappa shape index (κ3) is 67.3. The highest BCUT2D eigenvalue weighted by atomic mass is 16.6. The van der Waals surface area contributed by atoms with Crippen molar-refractivity contribution in [2.75, 3.05) is 13.2 Å². The van der Waals surface area contributed by atoms with Crippen LogP contribution in [-0.2, 0) is 28.6 Å². The van der Waals surface area contributed by atoms with Gasteiger partial charge in [0, 0.05) is 19.3 Å². The van der Waals surface area contributed by atoms with Crippen molar-refractivity contribution < 1.29 is 28.6 Å². The standard InChI is InChI=1S/C75H132O6/c1-4-7-10-13-16-19-21-23-25-27-29-30-31-32-33-34-35-36-37-38-39-40-41-42-43-44-46-47-49-51-53-56-59-62-65-68-74(77)80-71-72(70-79-73(76)67-64-61-58-55-18-15-12-9-6-3)81-75(78)69-66-63-60-57-54-52-50-48-45-28-26-24-22-20-17-14-11-8-5-2/h7,10,16,19,23-26,29-30,32-33,35-36,72H,4-6,8-9,11-15,17-18,20-22,27-28,31,34,37-71H2,1-3H3/b10-7-,19-16-,25-23-,26-24-,30-29-,33-32-,36-35-.